The molecule has 0 aromatic carbocycles. The highest BCUT2D eigenvalue weighted by atomic mass is 16.3. The average molecular weight is 326 g/mol. The molecular formula is C20H26N2O2. The van der Waals surface area contributed by atoms with Crippen LogP contribution in [0.5, 0.6) is 0 Å². The summed E-state index contributed by atoms with van der Waals surface area (Å²) in [6.45, 7) is 5.79. The van der Waals surface area contributed by atoms with Crippen molar-refractivity contribution < 1.29 is 4.42 Å². The van der Waals surface area contributed by atoms with Crippen LogP contribution in [0.3, 0.4) is 0 Å². The normalized spacial score (nSPS) is 20.2. The molecular weight excluding hydrogens is 300 g/mol. The van der Waals surface area contributed by atoms with Gasteiger partial charge in [-0.25, -0.2) is 0 Å². The van der Waals surface area contributed by atoms with Crippen LogP contribution in [0.15, 0.2) is 27.4 Å². The lowest BCUT2D eigenvalue weighted by atomic mass is 9.91. The van der Waals surface area contributed by atoms with E-state index in [-0.39, 0.29) is 5.56 Å². The van der Waals surface area contributed by atoms with E-state index < -0.39 is 0 Å². The molecule has 0 amide bonds. The highest BCUT2D eigenvalue weighted by Gasteiger charge is 2.26. The smallest absolute Gasteiger partial charge is 0.250 e. The van der Waals surface area contributed by atoms with Crippen molar-refractivity contribution in [2.24, 2.45) is 5.92 Å². The van der Waals surface area contributed by atoms with Gasteiger partial charge in [-0.2, -0.15) is 0 Å². The molecule has 0 aliphatic heterocycles. The molecule has 1 saturated carbocycles. The molecule has 0 radical (unpaired) electrons. The van der Waals surface area contributed by atoms with Crippen molar-refractivity contribution in [3.05, 3.63) is 56.9 Å². The topological polar surface area (TPSA) is 47.2 Å². The van der Waals surface area contributed by atoms with E-state index in [2.05, 4.69) is 18.3 Å². The lowest BCUT2D eigenvalue weighted by Gasteiger charge is -2.27. The minimum Gasteiger partial charge on any atom is -0.465 e. The summed E-state index contributed by atoms with van der Waals surface area (Å²) in [5.74, 6) is 2.75. The fourth-order valence-corrected chi connectivity index (χ4v) is 3.74. The van der Waals surface area contributed by atoms with Crippen molar-refractivity contribution in [3.8, 4) is 0 Å². The summed E-state index contributed by atoms with van der Waals surface area (Å²) in [5, 5.41) is 3.63. The van der Waals surface area contributed by atoms with Gasteiger partial charge in [-0.15, -0.1) is 0 Å². The van der Waals surface area contributed by atoms with Crippen molar-refractivity contribution in [2.45, 2.75) is 65.1 Å². The predicted molar refractivity (Wildman–Crippen MR) is 94.3 cm³/mol. The second-order valence-corrected chi connectivity index (χ2v) is 7.47. The fraction of sp³-hybridized carbons (Fsp3) is 0.550. The number of aromatic nitrogens is 1. The molecule has 0 unspecified atom stereocenters. The number of nitrogens with zero attached hydrogens (tertiary/aromatic N) is 1. The molecule has 2 aliphatic rings. The Kier molecular flexibility index (Phi) is 4.09. The average Bonchev–Trinajstić information content (AvgIpc) is 3.33. The van der Waals surface area contributed by atoms with E-state index in [9.17, 15) is 4.79 Å². The van der Waals surface area contributed by atoms with Crippen molar-refractivity contribution in [1.82, 2.24) is 9.88 Å². The van der Waals surface area contributed by atoms with Crippen LogP contribution < -0.4 is 10.9 Å². The van der Waals surface area contributed by atoms with E-state index in [1.54, 1.807) is 6.07 Å². The van der Waals surface area contributed by atoms with E-state index in [0.717, 1.165) is 49.8 Å². The van der Waals surface area contributed by atoms with Crippen molar-refractivity contribution in [2.75, 3.05) is 0 Å². The maximum Gasteiger partial charge on any atom is 0.250 e. The quantitative estimate of drug-likeness (QED) is 0.918. The molecule has 128 valence electrons. The zero-order chi connectivity index (χ0) is 16.7. The van der Waals surface area contributed by atoms with Crippen LogP contribution in [0.25, 0.3) is 0 Å². The number of hydrogen-bond acceptors (Lipinski definition) is 3. The van der Waals surface area contributed by atoms with Crippen LogP contribution >= 0.6 is 0 Å². The molecule has 0 bridgehead atoms. The van der Waals surface area contributed by atoms with E-state index in [1.807, 2.05) is 17.6 Å². The van der Waals surface area contributed by atoms with Gasteiger partial charge in [-0.1, -0.05) is 6.07 Å². The van der Waals surface area contributed by atoms with Crippen LogP contribution in [0.4, 0.5) is 0 Å². The van der Waals surface area contributed by atoms with E-state index in [4.69, 9.17) is 4.42 Å². The molecule has 2 aromatic heterocycles. The zero-order valence-corrected chi connectivity index (χ0v) is 14.6. The lowest BCUT2D eigenvalue weighted by Crippen LogP contribution is -2.37. The van der Waals surface area contributed by atoms with Crippen LogP contribution in [0.2, 0.25) is 0 Å². The van der Waals surface area contributed by atoms with E-state index in [0.29, 0.717) is 6.04 Å². The predicted octanol–water partition coefficient (Wildman–Crippen LogP) is 3.12. The first-order chi connectivity index (χ1) is 11.6. The van der Waals surface area contributed by atoms with Gasteiger partial charge in [0.25, 0.3) is 5.56 Å². The molecule has 2 heterocycles. The first kappa shape index (κ1) is 15.7. The van der Waals surface area contributed by atoms with Gasteiger partial charge in [-0.05, 0) is 69.1 Å². The largest absolute Gasteiger partial charge is 0.465 e. The third-order valence-corrected chi connectivity index (χ3v) is 5.51. The van der Waals surface area contributed by atoms with E-state index in [1.165, 1.54) is 29.7 Å². The first-order valence-corrected chi connectivity index (χ1v) is 9.11. The second-order valence-electron chi connectivity index (χ2n) is 7.47. The molecule has 24 heavy (non-hydrogen) atoms. The van der Waals surface area contributed by atoms with Crippen molar-refractivity contribution >= 4 is 0 Å². The number of aryl methyl sites for hydroxylation is 2. The van der Waals surface area contributed by atoms with Gasteiger partial charge in [0.1, 0.15) is 11.5 Å². The Bertz CT molecular complexity index is 779. The monoisotopic (exact) mass is 326 g/mol. The van der Waals surface area contributed by atoms with Gasteiger partial charge in [0, 0.05) is 24.3 Å². The number of pyridine rings is 1. The third-order valence-electron chi connectivity index (χ3n) is 5.51. The number of nitrogens with one attached hydrogen (secondary N) is 1. The van der Waals surface area contributed by atoms with Crippen LogP contribution in [0, 0.1) is 19.8 Å². The molecule has 1 N–H and O–H groups in total. The number of rotatable bonds is 5. The molecule has 0 saturated heterocycles. The molecule has 4 nitrogen and oxygen atoms in total. The summed E-state index contributed by atoms with van der Waals surface area (Å²) in [6.07, 6.45) is 5.63. The minimum atomic E-state index is 0.175. The molecule has 1 fully saturated rings. The van der Waals surface area contributed by atoms with Crippen molar-refractivity contribution in [3.63, 3.8) is 0 Å². The highest BCUT2D eigenvalue weighted by Crippen LogP contribution is 2.31. The Morgan fingerprint density at radius 2 is 2.08 bits per heavy atom. The molecule has 4 rings (SSSR count). The molecule has 4 heteroatoms. The fourth-order valence-electron chi connectivity index (χ4n) is 3.74. The van der Waals surface area contributed by atoms with Gasteiger partial charge in [-0.3, -0.25) is 4.79 Å². The summed E-state index contributed by atoms with van der Waals surface area (Å²) >= 11 is 0. The Hall–Kier alpha value is -1.81. The number of furan rings is 1. The molecule has 2 aromatic rings. The van der Waals surface area contributed by atoms with Gasteiger partial charge < -0.3 is 14.3 Å². The summed E-state index contributed by atoms with van der Waals surface area (Å²) in [5.41, 5.74) is 4.00. The standard InChI is InChI=1S/C20H26N2O2/c1-13-9-18(24-14(13)2)11-21-17-6-7-19-16(10-17)5-8-20(23)22(19)12-15-3-4-15/h5,8-9,15,17,21H,3-4,6-7,10-12H2,1-2H3/t17-/m1/s1. The van der Waals surface area contributed by atoms with Crippen LogP contribution in [-0.4, -0.2) is 10.6 Å². The lowest BCUT2D eigenvalue weighted by molar-refractivity contribution is 0.399. The Morgan fingerprint density at radius 1 is 1.25 bits per heavy atom. The summed E-state index contributed by atoms with van der Waals surface area (Å²) in [4.78, 5) is 12.2. The first-order valence-electron chi connectivity index (χ1n) is 9.11. The SMILES string of the molecule is Cc1cc(CN[C@@H]2CCc3c(ccc(=O)n3CC3CC3)C2)oc1C. The minimum absolute atomic E-state index is 0.175. The third kappa shape index (κ3) is 3.20. The van der Waals surface area contributed by atoms with Crippen LogP contribution in [0.1, 0.15) is 47.6 Å². The molecule has 2 aliphatic carbocycles. The second kappa shape index (κ2) is 6.25. The number of fused-ring (bicyclic) bond motifs is 1. The number of hydrogen-bond donors (Lipinski definition) is 1. The van der Waals surface area contributed by atoms with Gasteiger partial charge in [0.15, 0.2) is 0 Å². The highest BCUT2D eigenvalue weighted by molar-refractivity contribution is 5.26. The summed E-state index contributed by atoms with van der Waals surface area (Å²) < 4.78 is 7.80. The summed E-state index contributed by atoms with van der Waals surface area (Å²) in [7, 11) is 0. The van der Waals surface area contributed by atoms with E-state index >= 15 is 0 Å². The maximum absolute atomic E-state index is 12.2. The molecule has 0 spiro atoms. The van der Waals surface area contributed by atoms with Gasteiger partial charge in [0.05, 0.1) is 6.54 Å². The van der Waals surface area contributed by atoms with Gasteiger partial charge in [0.2, 0.25) is 0 Å². The molecule has 1 atom stereocenters. The zero-order valence-electron chi connectivity index (χ0n) is 14.6. The Labute approximate surface area is 142 Å². The summed E-state index contributed by atoms with van der Waals surface area (Å²) in [6, 6.07) is 6.36. The van der Waals surface area contributed by atoms with Crippen molar-refractivity contribution in [1.29, 1.82) is 0 Å². The Balaban J connectivity index is 1.44. The Morgan fingerprint density at radius 3 is 2.79 bits per heavy atom. The van der Waals surface area contributed by atoms with Gasteiger partial charge >= 0.3 is 0 Å². The van der Waals surface area contributed by atoms with Crippen LogP contribution in [-0.2, 0) is 25.9 Å². The maximum atomic E-state index is 12.2.